The smallest absolute Gasteiger partial charge is 0.295 e. The molecule has 1 N–H and O–H groups in total. The van der Waals surface area contributed by atoms with Crippen LogP contribution in [0.15, 0.2) is 84.4 Å². The van der Waals surface area contributed by atoms with Gasteiger partial charge in [-0.25, -0.2) is 0 Å². The number of aliphatic hydroxyl groups excluding tert-OH is 1. The maximum absolute atomic E-state index is 13.2. The number of amides is 1. The van der Waals surface area contributed by atoms with E-state index in [1.807, 2.05) is 61.5 Å². The largest absolute Gasteiger partial charge is 0.507 e. The summed E-state index contributed by atoms with van der Waals surface area (Å²) in [5, 5.41) is 11.2. The molecule has 5 heteroatoms. The summed E-state index contributed by atoms with van der Waals surface area (Å²) in [5.41, 5.74) is 3.63. The Morgan fingerprint density at radius 3 is 2.20 bits per heavy atom. The number of benzene rings is 3. The number of carbonyl (C=O) groups is 2. The summed E-state index contributed by atoms with van der Waals surface area (Å²) in [5.74, 6) is -0.397. The number of aliphatic hydroxyl groups is 1. The number of ether oxygens (including phenoxy) is 1. The zero-order valence-corrected chi connectivity index (χ0v) is 20.4. The van der Waals surface area contributed by atoms with Gasteiger partial charge in [0.1, 0.15) is 11.5 Å². The number of nitrogens with zero attached hydrogens (tertiary/aromatic N) is 1. The van der Waals surface area contributed by atoms with Crippen molar-refractivity contribution in [2.75, 3.05) is 13.2 Å². The number of hydrogen-bond acceptors (Lipinski definition) is 4. The average Bonchev–Trinajstić information content (AvgIpc) is 3.13. The predicted octanol–water partition coefficient (Wildman–Crippen LogP) is 5.87. The van der Waals surface area contributed by atoms with Crippen LogP contribution in [0, 0.1) is 0 Å². The Kier molecular flexibility index (Phi) is 7.35. The van der Waals surface area contributed by atoms with Crippen molar-refractivity contribution in [3.8, 4) is 5.75 Å². The molecule has 0 saturated carbocycles. The molecule has 1 aliphatic rings. The molecule has 1 atom stereocenters. The van der Waals surface area contributed by atoms with Crippen molar-refractivity contribution in [3.05, 3.63) is 107 Å². The van der Waals surface area contributed by atoms with Crippen LogP contribution in [-0.2, 0) is 16.0 Å². The van der Waals surface area contributed by atoms with Gasteiger partial charge in [0.2, 0.25) is 0 Å². The maximum Gasteiger partial charge on any atom is 0.295 e. The van der Waals surface area contributed by atoms with E-state index < -0.39 is 17.7 Å². The van der Waals surface area contributed by atoms with Crippen LogP contribution in [0.2, 0.25) is 0 Å². The van der Waals surface area contributed by atoms with Crippen LogP contribution in [-0.4, -0.2) is 34.8 Å². The highest BCUT2D eigenvalue weighted by Crippen LogP contribution is 2.40. The second-order valence-electron chi connectivity index (χ2n) is 9.01. The van der Waals surface area contributed by atoms with Gasteiger partial charge >= 0.3 is 0 Å². The van der Waals surface area contributed by atoms with Crippen LogP contribution in [0.5, 0.6) is 5.75 Å². The minimum Gasteiger partial charge on any atom is -0.507 e. The monoisotopic (exact) mass is 469 g/mol. The van der Waals surface area contributed by atoms with Gasteiger partial charge in [-0.15, -0.1) is 0 Å². The Morgan fingerprint density at radius 2 is 1.60 bits per heavy atom. The molecule has 0 bridgehead atoms. The second-order valence-corrected chi connectivity index (χ2v) is 9.01. The molecule has 0 radical (unpaired) electrons. The molecule has 1 saturated heterocycles. The van der Waals surface area contributed by atoms with Crippen molar-refractivity contribution in [1.82, 2.24) is 4.90 Å². The lowest BCUT2D eigenvalue weighted by Crippen LogP contribution is -2.31. The third-order valence-electron chi connectivity index (χ3n) is 6.38. The van der Waals surface area contributed by atoms with Crippen LogP contribution in [0.25, 0.3) is 5.76 Å². The van der Waals surface area contributed by atoms with Crippen LogP contribution in [0.4, 0.5) is 0 Å². The minimum absolute atomic E-state index is 0.115. The highest BCUT2D eigenvalue weighted by Gasteiger charge is 2.45. The van der Waals surface area contributed by atoms with Crippen molar-refractivity contribution < 1.29 is 19.4 Å². The first-order valence-corrected chi connectivity index (χ1v) is 12.1. The van der Waals surface area contributed by atoms with E-state index in [0.29, 0.717) is 36.8 Å². The Morgan fingerprint density at radius 1 is 0.943 bits per heavy atom. The van der Waals surface area contributed by atoms with Gasteiger partial charge in [-0.1, -0.05) is 68.4 Å². The van der Waals surface area contributed by atoms with E-state index in [1.165, 1.54) is 5.56 Å². The van der Waals surface area contributed by atoms with E-state index in [1.54, 1.807) is 29.2 Å². The second kappa shape index (κ2) is 10.6. The summed E-state index contributed by atoms with van der Waals surface area (Å²) in [6, 6.07) is 24.1. The zero-order chi connectivity index (χ0) is 24.9. The predicted molar refractivity (Wildman–Crippen MR) is 137 cm³/mol. The Labute approximate surface area is 206 Å². The number of hydrogen-bond donors (Lipinski definition) is 1. The van der Waals surface area contributed by atoms with Crippen molar-refractivity contribution in [1.29, 1.82) is 0 Å². The normalized spacial score (nSPS) is 17.3. The first-order valence-electron chi connectivity index (χ1n) is 12.1. The standard InChI is InChI=1S/C30H31NO4/c1-4-35-25-16-14-24(15-17-25)28(32)26-27(23-12-10-22(11-13-23)20(2)3)31(30(34)29(26)33)19-18-21-8-6-5-7-9-21/h5-17,20,27,32H,4,18-19H2,1-3H3/t27-/m0/s1. The summed E-state index contributed by atoms with van der Waals surface area (Å²) in [6.45, 7) is 7.03. The fourth-order valence-electron chi connectivity index (χ4n) is 4.45. The summed E-state index contributed by atoms with van der Waals surface area (Å²) in [7, 11) is 0. The molecule has 1 amide bonds. The van der Waals surface area contributed by atoms with Gasteiger partial charge in [0.15, 0.2) is 0 Å². The van der Waals surface area contributed by atoms with Crippen LogP contribution < -0.4 is 4.74 Å². The molecule has 5 nitrogen and oxygen atoms in total. The summed E-state index contributed by atoms with van der Waals surface area (Å²) in [4.78, 5) is 28.0. The highest BCUT2D eigenvalue weighted by atomic mass is 16.5. The highest BCUT2D eigenvalue weighted by molar-refractivity contribution is 6.46. The molecule has 0 aromatic heterocycles. The molecule has 1 aliphatic heterocycles. The number of likely N-dealkylation sites (tertiary alicyclic amines) is 1. The molecule has 4 rings (SSSR count). The molecule has 35 heavy (non-hydrogen) atoms. The number of Topliss-reactive ketones (excluding diaryl/α,β-unsaturated/α-hetero) is 1. The quantitative estimate of drug-likeness (QED) is 0.254. The number of ketones is 1. The van der Waals surface area contributed by atoms with E-state index >= 15 is 0 Å². The molecular weight excluding hydrogens is 438 g/mol. The zero-order valence-electron chi connectivity index (χ0n) is 20.4. The summed E-state index contributed by atoms with van der Waals surface area (Å²) in [6.07, 6.45) is 0.609. The third-order valence-corrected chi connectivity index (χ3v) is 6.38. The molecule has 180 valence electrons. The first-order chi connectivity index (χ1) is 16.9. The molecule has 3 aromatic rings. The fraction of sp³-hybridized carbons (Fsp3) is 0.267. The Hall–Kier alpha value is -3.86. The lowest BCUT2D eigenvalue weighted by molar-refractivity contribution is -0.139. The third kappa shape index (κ3) is 5.14. The van der Waals surface area contributed by atoms with Gasteiger partial charge in [-0.2, -0.15) is 0 Å². The van der Waals surface area contributed by atoms with Crippen molar-refractivity contribution in [2.45, 2.75) is 39.2 Å². The van der Waals surface area contributed by atoms with E-state index in [4.69, 9.17) is 4.74 Å². The lowest BCUT2D eigenvalue weighted by atomic mass is 9.93. The van der Waals surface area contributed by atoms with E-state index in [2.05, 4.69) is 13.8 Å². The lowest BCUT2D eigenvalue weighted by Gasteiger charge is -2.26. The van der Waals surface area contributed by atoms with Crippen LogP contribution >= 0.6 is 0 Å². The molecule has 0 unspecified atom stereocenters. The van der Waals surface area contributed by atoms with Crippen molar-refractivity contribution in [2.24, 2.45) is 0 Å². The number of carbonyl (C=O) groups excluding carboxylic acids is 2. The van der Waals surface area contributed by atoms with Gasteiger partial charge in [0, 0.05) is 12.1 Å². The van der Waals surface area contributed by atoms with E-state index in [9.17, 15) is 14.7 Å². The van der Waals surface area contributed by atoms with Gasteiger partial charge in [-0.3, -0.25) is 9.59 Å². The Bertz CT molecular complexity index is 1210. The van der Waals surface area contributed by atoms with E-state index in [0.717, 1.165) is 11.1 Å². The number of rotatable bonds is 8. The molecule has 1 fully saturated rings. The minimum atomic E-state index is -0.664. The maximum atomic E-state index is 13.2. The summed E-state index contributed by atoms with van der Waals surface area (Å²) < 4.78 is 5.49. The van der Waals surface area contributed by atoms with Crippen molar-refractivity contribution in [3.63, 3.8) is 0 Å². The topological polar surface area (TPSA) is 66.8 Å². The summed E-state index contributed by atoms with van der Waals surface area (Å²) >= 11 is 0. The van der Waals surface area contributed by atoms with Gasteiger partial charge < -0.3 is 14.7 Å². The molecule has 0 aliphatic carbocycles. The van der Waals surface area contributed by atoms with Gasteiger partial charge in [-0.05, 0) is 60.2 Å². The SMILES string of the molecule is CCOc1ccc(C(O)=C2C(=O)C(=O)N(CCc3ccccc3)[C@H]2c2ccc(C(C)C)cc2)cc1. The first kappa shape index (κ1) is 24.3. The van der Waals surface area contributed by atoms with Gasteiger partial charge in [0.25, 0.3) is 11.7 Å². The Balaban J connectivity index is 1.75. The average molecular weight is 470 g/mol. The van der Waals surface area contributed by atoms with E-state index in [-0.39, 0.29) is 11.3 Å². The molecule has 1 heterocycles. The van der Waals surface area contributed by atoms with Crippen molar-refractivity contribution >= 4 is 17.4 Å². The van der Waals surface area contributed by atoms with Gasteiger partial charge in [0.05, 0.1) is 18.2 Å². The van der Waals surface area contributed by atoms with Crippen LogP contribution in [0.3, 0.4) is 0 Å². The molecular formula is C30H31NO4. The van der Waals surface area contributed by atoms with Crippen LogP contribution in [0.1, 0.15) is 55.0 Å². The molecule has 0 spiro atoms. The fourth-order valence-corrected chi connectivity index (χ4v) is 4.45. The molecule has 3 aromatic carbocycles.